The fourth-order valence-electron chi connectivity index (χ4n) is 1.99. The number of aliphatic carboxylic acids is 1. The normalized spacial score (nSPS) is 16.1. The first-order valence-electron chi connectivity index (χ1n) is 6.65. The smallest absolute Gasteiger partial charge is 0.305 e. The van der Waals surface area contributed by atoms with Crippen molar-refractivity contribution >= 4 is 46.3 Å². The van der Waals surface area contributed by atoms with Crippen LogP contribution in [0.5, 0.6) is 11.5 Å². The van der Waals surface area contributed by atoms with Gasteiger partial charge in [-0.3, -0.25) is 14.5 Å². The maximum Gasteiger partial charge on any atom is 0.305 e. The lowest BCUT2D eigenvalue weighted by Crippen LogP contribution is -2.30. The molecule has 0 spiro atoms. The predicted octanol–water partition coefficient (Wildman–Crippen LogP) is 2.38. The van der Waals surface area contributed by atoms with Crippen LogP contribution in [-0.2, 0) is 9.59 Å². The maximum absolute atomic E-state index is 12.3. The van der Waals surface area contributed by atoms with Gasteiger partial charge in [-0.2, -0.15) is 0 Å². The summed E-state index contributed by atoms with van der Waals surface area (Å²) in [5.74, 6) is -0.0970. The minimum absolute atomic E-state index is 0.0727. The Morgan fingerprint density at radius 3 is 2.65 bits per heavy atom. The Balaban J connectivity index is 2.21. The molecule has 0 unspecified atom stereocenters. The largest absolute Gasteiger partial charge is 0.493 e. The number of carboxylic acids is 1. The van der Waals surface area contributed by atoms with Gasteiger partial charge >= 0.3 is 5.97 Å². The monoisotopic (exact) mass is 353 g/mol. The van der Waals surface area contributed by atoms with Crippen molar-refractivity contribution in [3.63, 3.8) is 0 Å². The van der Waals surface area contributed by atoms with Crippen LogP contribution in [0.1, 0.15) is 12.0 Å². The molecule has 1 aliphatic heterocycles. The standard InChI is InChI=1S/C15H15NO5S2/c1-20-10-4-3-9(7-11(10)21-2)8-12-14(19)16(15(22)23-12)6-5-13(17)18/h3-4,7-8H,5-6H2,1-2H3,(H,17,18)/b12-8-. The highest BCUT2D eigenvalue weighted by Crippen LogP contribution is 2.34. The van der Waals surface area contributed by atoms with E-state index in [9.17, 15) is 9.59 Å². The van der Waals surface area contributed by atoms with Crippen molar-refractivity contribution in [1.29, 1.82) is 0 Å². The van der Waals surface area contributed by atoms with Gasteiger partial charge < -0.3 is 14.6 Å². The number of thioether (sulfide) groups is 1. The van der Waals surface area contributed by atoms with Crippen LogP contribution in [0.2, 0.25) is 0 Å². The van der Waals surface area contributed by atoms with Gasteiger partial charge in [0, 0.05) is 6.54 Å². The topological polar surface area (TPSA) is 76.1 Å². The van der Waals surface area contributed by atoms with Gasteiger partial charge in [0.25, 0.3) is 5.91 Å². The second kappa shape index (κ2) is 7.47. The molecule has 122 valence electrons. The number of rotatable bonds is 6. The molecule has 2 rings (SSSR count). The molecule has 6 nitrogen and oxygen atoms in total. The molecular formula is C15H15NO5S2. The first-order chi connectivity index (χ1) is 11.0. The Morgan fingerprint density at radius 1 is 1.35 bits per heavy atom. The summed E-state index contributed by atoms with van der Waals surface area (Å²) in [4.78, 5) is 24.7. The van der Waals surface area contributed by atoms with Crippen molar-refractivity contribution in [3.05, 3.63) is 28.7 Å². The third kappa shape index (κ3) is 4.02. The van der Waals surface area contributed by atoms with Gasteiger partial charge in [-0.1, -0.05) is 30.0 Å². The Bertz CT molecular complexity index is 686. The molecule has 23 heavy (non-hydrogen) atoms. The van der Waals surface area contributed by atoms with Crippen LogP contribution in [0.15, 0.2) is 23.1 Å². The van der Waals surface area contributed by atoms with Crippen molar-refractivity contribution in [1.82, 2.24) is 4.90 Å². The van der Waals surface area contributed by atoms with E-state index in [-0.39, 0.29) is 18.9 Å². The second-order valence-corrected chi connectivity index (χ2v) is 6.27. The summed E-state index contributed by atoms with van der Waals surface area (Å²) >= 11 is 6.30. The molecule has 0 bridgehead atoms. The molecule has 0 atom stereocenters. The zero-order valence-electron chi connectivity index (χ0n) is 12.6. The van der Waals surface area contributed by atoms with Crippen molar-refractivity contribution in [2.45, 2.75) is 6.42 Å². The molecule has 8 heteroatoms. The summed E-state index contributed by atoms with van der Waals surface area (Å²) in [6, 6.07) is 5.30. The van der Waals surface area contributed by atoms with Crippen LogP contribution in [0.25, 0.3) is 6.08 Å². The van der Waals surface area contributed by atoms with E-state index >= 15 is 0 Å². The summed E-state index contributed by atoms with van der Waals surface area (Å²) in [5, 5.41) is 8.73. The fraction of sp³-hybridized carbons (Fsp3) is 0.267. The van der Waals surface area contributed by atoms with Gasteiger partial charge in [-0.05, 0) is 23.8 Å². The van der Waals surface area contributed by atoms with E-state index in [1.807, 2.05) is 0 Å². The lowest BCUT2D eigenvalue weighted by atomic mass is 10.2. The van der Waals surface area contributed by atoms with Crippen molar-refractivity contribution in [2.24, 2.45) is 0 Å². The molecule has 1 saturated heterocycles. The number of hydrogen-bond donors (Lipinski definition) is 1. The van der Waals surface area contributed by atoms with E-state index in [1.54, 1.807) is 31.4 Å². The Kier molecular flexibility index (Phi) is 5.62. The Labute approximate surface area is 143 Å². The van der Waals surface area contributed by atoms with Crippen molar-refractivity contribution in [3.8, 4) is 11.5 Å². The lowest BCUT2D eigenvalue weighted by molar-refractivity contribution is -0.137. The molecule has 0 saturated carbocycles. The van der Waals surface area contributed by atoms with E-state index in [1.165, 1.54) is 12.0 Å². The average molecular weight is 353 g/mol. The molecule has 0 radical (unpaired) electrons. The molecule has 1 aromatic rings. The van der Waals surface area contributed by atoms with Gasteiger partial charge in [0.1, 0.15) is 4.32 Å². The number of carbonyl (C=O) groups is 2. The Morgan fingerprint density at radius 2 is 2.04 bits per heavy atom. The molecular weight excluding hydrogens is 338 g/mol. The highest BCUT2D eigenvalue weighted by molar-refractivity contribution is 8.26. The molecule has 1 N–H and O–H groups in total. The predicted molar refractivity (Wildman–Crippen MR) is 91.7 cm³/mol. The number of nitrogens with zero attached hydrogens (tertiary/aromatic N) is 1. The SMILES string of the molecule is COc1ccc(/C=C2\SC(=S)N(CCC(=O)O)C2=O)cc1OC. The van der Waals surface area contributed by atoms with Crippen molar-refractivity contribution < 1.29 is 24.2 Å². The number of thiocarbonyl (C=S) groups is 1. The van der Waals surface area contributed by atoms with E-state index in [0.717, 1.165) is 17.3 Å². The molecule has 1 aromatic carbocycles. The Hall–Kier alpha value is -2.06. The number of benzene rings is 1. The van der Waals surface area contributed by atoms with E-state index in [4.69, 9.17) is 26.8 Å². The summed E-state index contributed by atoms with van der Waals surface area (Å²) in [6.45, 7) is 0.0727. The number of ether oxygens (including phenoxy) is 2. The van der Waals surface area contributed by atoms with E-state index < -0.39 is 5.97 Å². The first kappa shape index (κ1) is 17.3. The summed E-state index contributed by atoms with van der Waals surface area (Å²) in [5.41, 5.74) is 0.765. The molecule has 0 aromatic heterocycles. The van der Waals surface area contributed by atoms with Crippen LogP contribution in [0.3, 0.4) is 0 Å². The highest BCUT2D eigenvalue weighted by atomic mass is 32.2. The first-order valence-corrected chi connectivity index (χ1v) is 7.88. The highest BCUT2D eigenvalue weighted by Gasteiger charge is 2.32. The van der Waals surface area contributed by atoms with Crippen LogP contribution in [0.4, 0.5) is 0 Å². The van der Waals surface area contributed by atoms with E-state index in [2.05, 4.69) is 0 Å². The number of hydrogen-bond acceptors (Lipinski definition) is 6. The number of carboxylic acid groups (broad SMARTS) is 1. The van der Waals surface area contributed by atoms with Crippen LogP contribution < -0.4 is 9.47 Å². The maximum atomic E-state index is 12.3. The molecule has 0 aliphatic carbocycles. The fourth-order valence-corrected chi connectivity index (χ4v) is 3.30. The molecule has 1 heterocycles. The van der Waals surface area contributed by atoms with Gasteiger partial charge in [-0.25, -0.2) is 0 Å². The van der Waals surface area contributed by atoms with Crippen LogP contribution >= 0.6 is 24.0 Å². The summed E-state index contributed by atoms with van der Waals surface area (Å²) in [7, 11) is 3.08. The summed E-state index contributed by atoms with van der Waals surface area (Å²) < 4.78 is 10.8. The number of amides is 1. The third-order valence-electron chi connectivity index (χ3n) is 3.13. The van der Waals surface area contributed by atoms with Crippen molar-refractivity contribution in [2.75, 3.05) is 20.8 Å². The minimum atomic E-state index is -0.970. The minimum Gasteiger partial charge on any atom is -0.493 e. The van der Waals surface area contributed by atoms with Gasteiger partial charge in [0.15, 0.2) is 11.5 Å². The molecule has 1 amide bonds. The number of methoxy groups -OCH3 is 2. The van der Waals surface area contributed by atoms with Gasteiger partial charge in [-0.15, -0.1) is 0 Å². The van der Waals surface area contributed by atoms with Gasteiger partial charge in [0.2, 0.25) is 0 Å². The zero-order valence-corrected chi connectivity index (χ0v) is 14.2. The number of carbonyl (C=O) groups excluding carboxylic acids is 1. The second-order valence-electron chi connectivity index (χ2n) is 4.59. The van der Waals surface area contributed by atoms with Gasteiger partial charge in [0.05, 0.1) is 25.5 Å². The van der Waals surface area contributed by atoms with Crippen LogP contribution in [-0.4, -0.2) is 47.0 Å². The molecule has 1 fully saturated rings. The lowest BCUT2D eigenvalue weighted by Gasteiger charge is -2.12. The summed E-state index contributed by atoms with van der Waals surface area (Å²) in [6.07, 6.45) is 1.55. The third-order valence-corrected chi connectivity index (χ3v) is 4.51. The van der Waals surface area contributed by atoms with Crippen LogP contribution in [0, 0.1) is 0 Å². The quantitative estimate of drug-likeness (QED) is 0.621. The van der Waals surface area contributed by atoms with E-state index in [0.29, 0.717) is 20.7 Å². The zero-order chi connectivity index (χ0) is 17.0. The molecule has 1 aliphatic rings. The average Bonchev–Trinajstić information content (AvgIpc) is 2.79.